The van der Waals surface area contributed by atoms with Crippen molar-refractivity contribution in [1.82, 2.24) is 0 Å². The van der Waals surface area contributed by atoms with E-state index >= 15 is 0 Å². The summed E-state index contributed by atoms with van der Waals surface area (Å²) >= 11 is 0. The maximum absolute atomic E-state index is 5.40. The highest BCUT2D eigenvalue weighted by atomic mass is 16.5. The number of hydrogen-bond donors (Lipinski definition) is 0. The summed E-state index contributed by atoms with van der Waals surface area (Å²) in [6.07, 6.45) is 2.40. The van der Waals surface area contributed by atoms with Gasteiger partial charge < -0.3 is 9.47 Å². The largest absolute Gasteiger partial charge is 0.384 e. The number of hydrogen-bond acceptors (Lipinski definition) is 2. The first kappa shape index (κ1) is 12.0. The summed E-state index contributed by atoms with van der Waals surface area (Å²) in [4.78, 5) is 0. The van der Waals surface area contributed by atoms with Gasteiger partial charge >= 0.3 is 0 Å². The lowest BCUT2D eigenvalue weighted by Gasteiger charge is -2.38. The van der Waals surface area contributed by atoms with E-state index in [4.69, 9.17) is 9.47 Å². The molecule has 0 radical (unpaired) electrons. The molecule has 1 aliphatic rings. The van der Waals surface area contributed by atoms with Crippen molar-refractivity contribution in [2.45, 2.75) is 33.6 Å². The molecule has 0 spiro atoms. The van der Waals surface area contributed by atoms with Crippen molar-refractivity contribution >= 4 is 0 Å². The Kier molecular flexibility index (Phi) is 4.39. The Morgan fingerprint density at radius 2 is 1.86 bits per heavy atom. The average Bonchev–Trinajstić information content (AvgIpc) is 2.14. The normalized spacial score (nSPS) is 22.3. The first-order chi connectivity index (χ1) is 6.55. The van der Waals surface area contributed by atoms with E-state index in [0.717, 1.165) is 25.7 Å². The Labute approximate surface area is 88.0 Å². The third kappa shape index (κ3) is 3.25. The topological polar surface area (TPSA) is 18.5 Å². The maximum Gasteiger partial charge on any atom is 0.0498 e. The molecule has 1 unspecified atom stereocenters. The van der Waals surface area contributed by atoms with Crippen LogP contribution in [-0.2, 0) is 9.47 Å². The zero-order valence-corrected chi connectivity index (χ0v) is 10.0. The van der Waals surface area contributed by atoms with E-state index in [0.29, 0.717) is 11.3 Å². The molecule has 2 nitrogen and oxygen atoms in total. The smallest absolute Gasteiger partial charge is 0.0498 e. The van der Waals surface area contributed by atoms with Gasteiger partial charge in [-0.1, -0.05) is 20.8 Å². The van der Waals surface area contributed by atoms with Gasteiger partial charge in [0.2, 0.25) is 0 Å². The maximum atomic E-state index is 5.40. The van der Waals surface area contributed by atoms with Gasteiger partial charge in [0.1, 0.15) is 0 Å². The van der Waals surface area contributed by atoms with Crippen LogP contribution in [0.15, 0.2) is 0 Å². The number of rotatable bonds is 3. The van der Waals surface area contributed by atoms with Crippen LogP contribution in [0, 0.1) is 17.3 Å². The lowest BCUT2D eigenvalue weighted by molar-refractivity contribution is -0.0108. The molecule has 0 aromatic heterocycles. The molecule has 0 bridgehead atoms. The van der Waals surface area contributed by atoms with E-state index in [1.165, 1.54) is 12.8 Å². The fourth-order valence-electron chi connectivity index (χ4n) is 2.39. The van der Waals surface area contributed by atoms with Crippen LogP contribution < -0.4 is 0 Å². The van der Waals surface area contributed by atoms with Gasteiger partial charge in [-0.15, -0.1) is 0 Å². The monoisotopic (exact) mass is 200 g/mol. The molecule has 0 saturated carbocycles. The second-order valence-corrected chi connectivity index (χ2v) is 5.38. The highest BCUT2D eigenvalue weighted by Crippen LogP contribution is 2.37. The first-order valence-corrected chi connectivity index (χ1v) is 5.62. The predicted molar refractivity (Wildman–Crippen MR) is 58.4 cm³/mol. The third-order valence-electron chi connectivity index (χ3n) is 3.29. The fraction of sp³-hybridized carbons (Fsp3) is 1.00. The number of ether oxygens (including phenoxy) is 2. The molecule has 14 heavy (non-hydrogen) atoms. The van der Waals surface area contributed by atoms with Crippen molar-refractivity contribution in [1.29, 1.82) is 0 Å². The minimum absolute atomic E-state index is 0.345. The molecule has 1 aliphatic heterocycles. The highest BCUT2D eigenvalue weighted by Gasteiger charge is 2.32. The molecule has 1 saturated heterocycles. The molecular weight excluding hydrogens is 176 g/mol. The van der Waals surface area contributed by atoms with Gasteiger partial charge in [-0.3, -0.25) is 0 Å². The van der Waals surface area contributed by atoms with Gasteiger partial charge in [0.25, 0.3) is 0 Å². The molecule has 84 valence electrons. The fourth-order valence-corrected chi connectivity index (χ4v) is 2.39. The second-order valence-electron chi connectivity index (χ2n) is 5.38. The summed E-state index contributed by atoms with van der Waals surface area (Å²) < 4.78 is 10.7. The standard InChI is InChI=1S/C12H24O2/c1-12(2,3)11(9-13-4)10-5-7-14-8-6-10/h10-11H,5-9H2,1-4H3. The van der Waals surface area contributed by atoms with Crippen LogP contribution in [0.1, 0.15) is 33.6 Å². The van der Waals surface area contributed by atoms with E-state index in [-0.39, 0.29) is 0 Å². The average molecular weight is 200 g/mol. The van der Waals surface area contributed by atoms with Crippen LogP contribution in [0.25, 0.3) is 0 Å². The molecule has 1 fully saturated rings. The van der Waals surface area contributed by atoms with Crippen molar-refractivity contribution < 1.29 is 9.47 Å². The molecule has 0 N–H and O–H groups in total. The summed E-state index contributed by atoms with van der Waals surface area (Å²) in [5, 5.41) is 0. The van der Waals surface area contributed by atoms with Crippen molar-refractivity contribution in [3.63, 3.8) is 0 Å². The highest BCUT2D eigenvalue weighted by molar-refractivity contribution is 4.81. The van der Waals surface area contributed by atoms with Crippen molar-refractivity contribution in [2.75, 3.05) is 26.9 Å². The first-order valence-electron chi connectivity index (χ1n) is 5.62. The Morgan fingerprint density at radius 3 is 2.29 bits per heavy atom. The summed E-state index contributed by atoms with van der Waals surface area (Å²) in [7, 11) is 1.80. The van der Waals surface area contributed by atoms with E-state index in [1.54, 1.807) is 7.11 Å². The third-order valence-corrected chi connectivity index (χ3v) is 3.29. The van der Waals surface area contributed by atoms with Crippen LogP contribution in [-0.4, -0.2) is 26.9 Å². The summed E-state index contributed by atoms with van der Waals surface area (Å²) in [5.41, 5.74) is 0.345. The molecule has 0 amide bonds. The second kappa shape index (κ2) is 5.13. The Balaban J connectivity index is 2.56. The minimum atomic E-state index is 0.345. The molecular formula is C12H24O2. The zero-order valence-electron chi connectivity index (χ0n) is 10.0. The van der Waals surface area contributed by atoms with Crippen molar-refractivity contribution in [3.8, 4) is 0 Å². The van der Waals surface area contributed by atoms with Gasteiger partial charge in [-0.25, -0.2) is 0 Å². The van der Waals surface area contributed by atoms with Gasteiger partial charge in [0.05, 0.1) is 0 Å². The quantitative estimate of drug-likeness (QED) is 0.697. The lowest BCUT2D eigenvalue weighted by Crippen LogP contribution is -2.35. The van der Waals surface area contributed by atoms with Gasteiger partial charge in [0.15, 0.2) is 0 Å². The van der Waals surface area contributed by atoms with E-state index in [9.17, 15) is 0 Å². The molecule has 0 aliphatic carbocycles. The van der Waals surface area contributed by atoms with E-state index < -0.39 is 0 Å². The van der Waals surface area contributed by atoms with E-state index in [1.807, 2.05) is 0 Å². The van der Waals surface area contributed by atoms with Gasteiger partial charge in [-0.2, -0.15) is 0 Å². The lowest BCUT2D eigenvalue weighted by atomic mass is 9.71. The summed E-state index contributed by atoms with van der Waals surface area (Å²) in [6.45, 7) is 9.68. The molecule has 1 heterocycles. The van der Waals surface area contributed by atoms with Crippen LogP contribution in [0.5, 0.6) is 0 Å². The summed E-state index contributed by atoms with van der Waals surface area (Å²) in [6, 6.07) is 0. The zero-order chi connectivity index (χ0) is 10.6. The SMILES string of the molecule is COCC(C1CCOCC1)C(C)(C)C. The van der Waals surface area contributed by atoms with Crippen LogP contribution in [0.3, 0.4) is 0 Å². The Bertz CT molecular complexity index is 154. The van der Waals surface area contributed by atoms with Crippen LogP contribution >= 0.6 is 0 Å². The van der Waals surface area contributed by atoms with Crippen LogP contribution in [0.2, 0.25) is 0 Å². The Hall–Kier alpha value is -0.0800. The summed E-state index contributed by atoms with van der Waals surface area (Å²) in [5.74, 6) is 1.44. The van der Waals surface area contributed by atoms with Gasteiger partial charge in [0, 0.05) is 26.9 Å². The van der Waals surface area contributed by atoms with Crippen molar-refractivity contribution in [2.24, 2.45) is 17.3 Å². The predicted octanol–water partition coefficient (Wildman–Crippen LogP) is 2.72. The van der Waals surface area contributed by atoms with Crippen molar-refractivity contribution in [3.05, 3.63) is 0 Å². The Morgan fingerprint density at radius 1 is 1.29 bits per heavy atom. The minimum Gasteiger partial charge on any atom is -0.384 e. The number of methoxy groups -OCH3 is 1. The molecule has 1 atom stereocenters. The van der Waals surface area contributed by atoms with Crippen LogP contribution in [0.4, 0.5) is 0 Å². The molecule has 0 aromatic carbocycles. The molecule has 2 heteroatoms. The molecule has 0 aromatic rings. The molecule has 1 rings (SSSR count). The van der Waals surface area contributed by atoms with E-state index in [2.05, 4.69) is 20.8 Å². The van der Waals surface area contributed by atoms with Gasteiger partial charge in [-0.05, 0) is 30.1 Å².